The standard InChI is InChI=1S/C17H26N2O/c1-6-17(7-2)15-11-9-8-10-14(15)12-19(16(17)20)13(3)18(4)5/h8-11,13H,6-7,12H2,1-5H3. The van der Waals surface area contributed by atoms with Crippen LogP contribution in [0.1, 0.15) is 44.7 Å². The van der Waals surface area contributed by atoms with E-state index in [2.05, 4.69) is 49.9 Å². The van der Waals surface area contributed by atoms with Gasteiger partial charge in [-0.15, -0.1) is 0 Å². The summed E-state index contributed by atoms with van der Waals surface area (Å²) in [6.45, 7) is 7.07. The van der Waals surface area contributed by atoms with Crippen molar-refractivity contribution in [3.63, 3.8) is 0 Å². The van der Waals surface area contributed by atoms with Crippen molar-refractivity contribution in [1.29, 1.82) is 0 Å². The molecular weight excluding hydrogens is 248 g/mol. The number of carbonyl (C=O) groups is 1. The van der Waals surface area contributed by atoms with E-state index in [1.807, 2.05) is 19.0 Å². The van der Waals surface area contributed by atoms with Gasteiger partial charge in [0, 0.05) is 6.54 Å². The van der Waals surface area contributed by atoms with Gasteiger partial charge in [-0.3, -0.25) is 9.69 Å². The maximum Gasteiger partial charge on any atom is 0.234 e. The van der Waals surface area contributed by atoms with Gasteiger partial charge in [0.2, 0.25) is 5.91 Å². The van der Waals surface area contributed by atoms with Crippen molar-refractivity contribution >= 4 is 5.91 Å². The number of hydrogen-bond donors (Lipinski definition) is 0. The summed E-state index contributed by atoms with van der Waals surface area (Å²) < 4.78 is 0. The van der Waals surface area contributed by atoms with Crippen LogP contribution in [-0.4, -0.2) is 36.0 Å². The molecule has 3 nitrogen and oxygen atoms in total. The van der Waals surface area contributed by atoms with E-state index < -0.39 is 0 Å². The van der Waals surface area contributed by atoms with Crippen LogP contribution in [0.25, 0.3) is 0 Å². The molecule has 0 N–H and O–H groups in total. The second kappa shape index (κ2) is 5.57. The van der Waals surface area contributed by atoms with E-state index in [1.54, 1.807) is 0 Å². The fourth-order valence-corrected chi connectivity index (χ4v) is 3.28. The second-order valence-corrected chi connectivity index (χ2v) is 5.97. The molecule has 1 aromatic carbocycles. The van der Waals surface area contributed by atoms with Crippen molar-refractivity contribution in [3.8, 4) is 0 Å². The quantitative estimate of drug-likeness (QED) is 0.842. The van der Waals surface area contributed by atoms with Crippen LogP contribution in [0.15, 0.2) is 24.3 Å². The highest BCUT2D eigenvalue weighted by Gasteiger charge is 2.45. The average Bonchev–Trinajstić information content (AvgIpc) is 2.46. The lowest BCUT2D eigenvalue weighted by atomic mass is 9.70. The molecule has 0 radical (unpaired) electrons. The first kappa shape index (κ1) is 15.0. The van der Waals surface area contributed by atoms with Gasteiger partial charge in [0.25, 0.3) is 0 Å². The summed E-state index contributed by atoms with van der Waals surface area (Å²) in [6.07, 6.45) is 1.83. The average molecular weight is 274 g/mol. The van der Waals surface area contributed by atoms with Crippen molar-refractivity contribution in [2.45, 2.75) is 51.7 Å². The molecule has 0 aliphatic carbocycles. The fourth-order valence-electron chi connectivity index (χ4n) is 3.28. The number of hydrogen-bond acceptors (Lipinski definition) is 2. The molecule has 0 bridgehead atoms. The van der Waals surface area contributed by atoms with E-state index in [4.69, 9.17) is 0 Å². The van der Waals surface area contributed by atoms with Gasteiger partial charge in [0.1, 0.15) is 0 Å². The summed E-state index contributed by atoms with van der Waals surface area (Å²) in [6, 6.07) is 8.43. The largest absolute Gasteiger partial charge is 0.322 e. The zero-order valence-corrected chi connectivity index (χ0v) is 13.3. The molecule has 20 heavy (non-hydrogen) atoms. The Hall–Kier alpha value is -1.35. The summed E-state index contributed by atoms with van der Waals surface area (Å²) >= 11 is 0. The Labute approximate surface area is 122 Å². The topological polar surface area (TPSA) is 23.6 Å². The third-order valence-electron chi connectivity index (χ3n) is 4.95. The lowest BCUT2D eigenvalue weighted by Crippen LogP contribution is -2.56. The second-order valence-electron chi connectivity index (χ2n) is 5.97. The molecule has 0 saturated heterocycles. The van der Waals surface area contributed by atoms with Gasteiger partial charge in [-0.1, -0.05) is 38.1 Å². The third kappa shape index (κ3) is 2.14. The van der Waals surface area contributed by atoms with E-state index in [0.717, 1.165) is 19.4 Å². The normalized spacial score (nSPS) is 19.1. The smallest absolute Gasteiger partial charge is 0.234 e. The van der Waals surface area contributed by atoms with Gasteiger partial charge in [-0.2, -0.15) is 0 Å². The number of benzene rings is 1. The van der Waals surface area contributed by atoms with Crippen molar-refractivity contribution in [1.82, 2.24) is 9.80 Å². The molecule has 0 saturated carbocycles. The molecule has 0 aromatic heterocycles. The summed E-state index contributed by atoms with van der Waals surface area (Å²) in [5.74, 6) is 0.280. The Bertz CT molecular complexity index is 492. The molecule has 1 unspecified atom stereocenters. The molecule has 1 atom stereocenters. The maximum absolute atomic E-state index is 13.1. The van der Waals surface area contributed by atoms with Gasteiger partial charge < -0.3 is 4.90 Å². The van der Waals surface area contributed by atoms with Crippen LogP contribution in [0.3, 0.4) is 0 Å². The van der Waals surface area contributed by atoms with E-state index in [0.29, 0.717) is 0 Å². The zero-order chi connectivity index (χ0) is 14.9. The fraction of sp³-hybridized carbons (Fsp3) is 0.588. The minimum absolute atomic E-state index is 0.119. The van der Waals surface area contributed by atoms with Crippen LogP contribution in [-0.2, 0) is 16.8 Å². The molecular formula is C17H26N2O. The molecule has 110 valence electrons. The van der Waals surface area contributed by atoms with E-state index in [1.165, 1.54) is 11.1 Å². The molecule has 1 aliphatic rings. The van der Waals surface area contributed by atoms with Gasteiger partial charge in [0.05, 0.1) is 11.6 Å². The molecule has 3 heteroatoms. The Morgan fingerprint density at radius 2 is 1.85 bits per heavy atom. The van der Waals surface area contributed by atoms with E-state index in [-0.39, 0.29) is 17.5 Å². The van der Waals surface area contributed by atoms with Crippen molar-refractivity contribution in [3.05, 3.63) is 35.4 Å². The monoisotopic (exact) mass is 274 g/mol. The van der Waals surface area contributed by atoms with Crippen LogP contribution >= 0.6 is 0 Å². The molecule has 0 fully saturated rings. The minimum atomic E-state index is -0.348. The summed E-state index contributed by atoms with van der Waals surface area (Å²) in [4.78, 5) is 17.2. The Morgan fingerprint density at radius 1 is 1.25 bits per heavy atom. The lowest BCUT2D eigenvalue weighted by molar-refractivity contribution is -0.145. The summed E-state index contributed by atoms with van der Waals surface area (Å²) in [7, 11) is 4.05. The summed E-state index contributed by atoms with van der Waals surface area (Å²) in [5, 5.41) is 0. The van der Waals surface area contributed by atoms with Crippen LogP contribution in [0.5, 0.6) is 0 Å². The molecule has 0 spiro atoms. The maximum atomic E-state index is 13.1. The van der Waals surface area contributed by atoms with Crippen LogP contribution in [0.4, 0.5) is 0 Å². The first-order valence-electron chi connectivity index (χ1n) is 7.53. The Balaban J connectivity index is 2.54. The number of nitrogens with zero attached hydrogens (tertiary/aromatic N) is 2. The molecule has 2 rings (SSSR count). The van der Waals surface area contributed by atoms with Crippen LogP contribution in [0.2, 0.25) is 0 Å². The van der Waals surface area contributed by atoms with Crippen molar-refractivity contribution in [2.24, 2.45) is 0 Å². The Kier molecular flexibility index (Phi) is 4.19. The van der Waals surface area contributed by atoms with Crippen LogP contribution < -0.4 is 0 Å². The van der Waals surface area contributed by atoms with Gasteiger partial charge in [-0.05, 0) is 45.0 Å². The van der Waals surface area contributed by atoms with E-state index >= 15 is 0 Å². The van der Waals surface area contributed by atoms with Crippen LogP contribution in [0, 0.1) is 0 Å². The van der Waals surface area contributed by atoms with Crippen molar-refractivity contribution < 1.29 is 4.79 Å². The summed E-state index contributed by atoms with van der Waals surface area (Å²) in [5.41, 5.74) is 2.18. The first-order chi connectivity index (χ1) is 9.47. The predicted molar refractivity (Wildman–Crippen MR) is 82.4 cm³/mol. The molecule has 1 heterocycles. The van der Waals surface area contributed by atoms with Gasteiger partial charge >= 0.3 is 0 Å². The number of carbonyl (C=O) groups excluding carboxylic acids is 1. The highest BCUT2D eigenvalue weighted by atomic mass is 16.2. The highest BCUT2D eigenvalue weighted by Crippen LogP contribution is 2.40. The van der Waals surface area contributed by atoms with Gasteiger partial charge in [0.15, 0.2) is 0 Å². The number of fused-ring (bicyclic) bond motifs is 1. The lowest BCUT2D eigenvalue weighted by Gasteiger charge is -2.46. The molecule has 1 aromatic rings. The SMILES string of the molecule is CCC1(CC)C(=O)N(C(C)N(C)C)Cc2ccccc21. The predicted octanol–water partition coefficient (Wildman–Crippen LogP) is 2.99. The van der Waals surface area contributed by atoms with Gasteiger partial charge in [-0.25, -0.2) is 0 Å². The van der Waals surface area contributed by atoms with Crippen molar-refractivity contribution in [2.75, 3.05) is 14.1 Å². The zero-order valence-electron chi connectivity index (χ0n) is 13.3. The minimum Gasteiger partial charge on any atom is -0.322 e. The number of amides is 1. The van der Waals surface area contributed by atoms with E-state index in [9.17, 15) is 4.79 Å². The molecule has 1 aliphatic heterocycles. The Morgan fingerprint density at radius 3 is 2.40 bits per heavy atom. The highest BCUT2D eigenvalue weighted by molar-refractivity contribution is 5.90. The molecule has 1 amide bonds. The first-order valence-corrected chi connectivity index (χ1v) is 7.53. The number of rotatable bonds is 4. The third-order valence-corrected chi connectivity index (χ3v) is 4.95.